The van der Waals surface area contributed by atoms with Crippen molar-refractivity contribution in [2.45, 2.75) is 6.92 Å². The lowest BCUT2D eigenvalue weighted by Gasteiger charge is -1.92. The molecule has 0 fully saturated rings. The molecule has 0 saturated carbocycles. The number of aromatic amines is 1. The molecular formula is C10H8N2. The van der Waals surface area contributed by atoms with Gasteiger partial charge in [-0.1, -0.05) is 18.2 Å². The van der Waals surface area contributed by atoms with Crippen molar-refractivity contribution in [2.24, 2.45) is 0 Å². The molecule has 0 aliphatic rings. The average molecular weight is 156 g/mol. The zero-order chi connectivity index (χ0) is 8.55. The van der Waals surface area contributed by atoms with Crippen LogP contribution in [0.5, 0.6) is 0 Å². The first-order chi connectivity index (χ1) is 5.81. The molecule has 2 rings (SSSR count). The second kappa shape index (κ2) is 2.38. The van der Waals surface area contributed by atoms with Crippen LogP contribution in [0, 0.1) is 18.3 Å². The van der Waals surface area contributed by atoms with Gasteiger partial charge in [0.2, 0.25) is 0 Å². The highest BCUT2D eigenvalue weighted by Crippen LogP contribution is 2.17. The molecule has 0 unspecified atom stereocenters. The Bertz CT molecular complexity index is 460. The van der Waals surface area contributed by atoms with E-state index in [1.54, 1.807) is 0 Å². The molecule has 12 heavy (non-hydrogen) atoms. The quantitative estimate of drug-likeness (QED) is 0.624. The number of nitrogens with zero attached hydrogens (tertiary/aromatic N) is 1. The average Bonchev–Trinajstić information content (AvgIpc) is 2.49. The minimum Gasteiger partial charge on any atom is -0.346 e. The van der Waals surface area contributed by atoms with E-state index < -0.39 is 0 Å². The third-order valence-electron chi connectivity index (χ3n) is 1.98. The molecular weight excluding hydrogens is 148 g/mol. The summed E-state index contributed by atoms with van der Waals surface area (Å²) < 4.78 is 0. The normalized spacial score (nSPS) is 10.0. The van der Waals surface area contributed by atoms with Gasteiger partial charge in [0.1, 0.15) is 11.8 Å². The third kappa shape index (κ3) is 0.876. The number of rotatable bonds is 0. The summed E-state index contributed by atoms with van der Waals surface area (Å²) in [6.45, 7) is 2.03. The first-order valence-electron chi connectivity index (χ1n) is 3.79. The zero-order valence-electron chi connectivity index (χ0n) is 6.76. The Labute approximate surface area is 70.4 Å². The van der Waals surface area contributed by atoms with Crippen LogP contribution in [0.25, 0.3) is 10.9 Å². The molecule has 2 heteroatoms. The number of nitrogens with one attached hydrogen (secondary N) is 1. The van der Waals surface area contributed by atoms with Crippen LogP contribution >= 0.6 is 0 Å². The fraction of sp³-hybridized carbons (Fsp3) is 0.100. The van der Waals surface area contributed by atoms with E-state index in [0.29, 0.717) is 5.69 Å². The Morgan fingerprint density at radius 2 is 2.25 bits per heavy atom. The van der Waals surface area contributed by atoms with Crippen molar-refractivity contribution in [3.05, 3.63) is 35.5 Å². The fourth-order valence-electron chi connectivity index (χ4n) is 1.37. The van der Waals surface area contributed by atoms with E-state index in [9.17, 15) is 0 Å². The largest absolute Gasteiger partial charge is 0.346 e. The predicted molar refractivity (Wildman–Crippen MR) is 47.8 cm³/mol. The number of hydrogen-bond acceptors (Lipinski definition) is 1. The molecule has 0 amide bonds. The number of para-hydroxylation sites is 1. The van der Waals surface area contributed by atoms with Crippen molar-refractivity contribution in [3.63, 3.8) is 0 Å². The van der Waals surface area contributed by atoms with Crippen molar-refractivity contribution in [2.75, 3.05) is 0 Å². The summed E-state index contributed by atoms with van der Waals surface area (Å²) in [5.41, 5.74) is 2.86. The highest BCUT2D eigenvalue weighted by Gasteiger charge is 2.00. The Morgan fingerprint density at radius 1 is 1.42 bits per heavy atom. The van der Waals surface area contributed by atoms with Gasteiger partial charge in [0.15, 0.2) is 0 Å². The first-order valence-corrected chi connectivity index (χ1v) is 3.79. The van der Waals surface area contributed by atoms with Gasteiger partial charge in [-0.2, -0.15) is 5.26 Å². The summed E-state index contributed by atoms with van der Waals surface area (Å²) >= 11 is 0. The highest BCUT2D eigenvalue weighted by molar-refractivity contribution is 5.84. The SMILES string of the molecule is Cc1cccc2cc(C#N)[nH]c12. The molecule has 1 aromatic carbocycles. The topological polar surface area (TPSA) is 39.6 Å². The molecule has 0 bridgehead atoms. The number of fused-ring (bicyclic) bond motifs is 1. The number of hydrogen-bond donors (Lipinski definition) is 1. The van der Waals surface area contributed by atoms with Gasteiger partial charge in [0, 0.05) is 10.9 Å². The summed E-state index contributed by atoms with van der Waals surface area (Å²) in [7, 11) is 0. The van der Waals surface area contributed by atoms with Gasteiger partial charge < -0.3 is 4.98 Å². The second-order valence-electron chi connectivity index (χ2n) is 2.83. The van der Waals surface area contributed by atoms with E-state index in [1.807, 2.05) is 31.2 Å². The maximum atomic E-state index is 8.65. The number of H-pyrrole nitrogens is 1. The molecule has 0 saturated heterocycles. The van der Waals surface area contributed by atoms with Crippen molar-refractivity contribution < 1.29 is 0 Å². The highest BCUT2D eigenvalue weighted by atomic mass is 14.7. The minimum absolute atomic E-state index is 0.624. The smallest absolute Gasteiger partial charge is 0.118 e. The molecule has 0 aliphatic carbocycles. The van der Waals surface area contributed by atoms with E-state index in [2.05, 4.69) is 11.1 Å². The van der Waals surface area contributed by atoms with Crippen molar-refractivity contribution in [1.82, 2.24) is 4.98 Å². The summed E-state index contributed by atoms with van der Waals surface area (Å²) in [4.78, 5) is 3.05. The molecule has 0 spiro atoms. The van der Waals surface area contributed by atoms with Crippen LogP contribution < -0.4 is 0 Å². The van der Waals surface area contributed by atoms with Crippen LogP contribution in [-0.4, -0.2) is 4.98 Å². The summed E-state index contributed by atoms with van der Waals surface area (Å²) in [6.07, 6.45) is 0. The van der Waals surface area contributed by atoms with E-state index in [-0.39, 0.29) is 0 Å². The zero-order valence-corrected chi connectivity index (χ0v) is 6.76. The van der Waals surface area contributed by atoms with Gasteiger partial charge in [-0.05, 0) is 18.6 Å². The molecule has 1 heterocycles. The van der Waals surface area contributed by atoms with E-state index in [4.69, 9.17) is 5.26 Å². The lowest BCUT2D eigenvalue weighted by atomic mass is 10.2. The monoisotopic (exact) mass is 156 g/mol. The molecule has 0 atom stereocenters. The van der Waals surface area contributed by atoms with Crippen LogP contribution in [0.15, 0.2) is 24.3 Å². The molecule has 58 valence electrons. The van der Waals surface area contributed by atoms with Crippen LogP contribution in [0.1, 0.15) is 11.3 Å². The van der Waals surface area contributed by atoms with Gasteiger partial charge in [0.25, 0.3) is 0 Å². The Morgan fingerprint density at radius 3 is 2.92 bits per heavy atom. The number of benzene rings is 1. The van der Waals surface area contributed by atoms with Crippen LogP contribution in [-0.2, 0) is 0 Å². The lowest BCUT2D eigenvalue weighted by Crippen LogP contribution is -1.74. The minimum atomic E-state index is 0.624. The molecule has 2 aromatic rings. The van der Waals surface area contributed by atoms with Gasteiger partial charge in [-0.15, -0.1) is 0 Å². The van der Waals surface area contributed by atoms with Crippen LogP contribution in [0.4, 0.5) is 0 Å². The van der Waals surface area contributed by atoms with E-state index >= 15 is 0 Å². The van der Waals surface area contributed by atoms with Crippen molar-refractivity contribution in [1.29, 1.82) is 5.26 Å². The maximum absolute atomic E-state index is 8.65. The lowest BCUT2D eigenvalue weighted by molar-refractivity contribution is 1.35. The second-order valence-corrected chi connectivity index (χ2v) is 2.83. The van der Waals surface area contributed by atoms with Gasteiger partial charge in [0.05, 0.1) is 0 Å². The van der Waals surface area contributed by atoms with Gasteiger partial charge in [-0.3, -0.25) is 0 Å². The number of aromatic nitrogens is 1. The number of nitriles is 1. The van der Waals surface area contributed by atoms with Gasteiger partial charge in [-0.25, -0.2) is 0 Å². The molecule has 0 aliphatic heterocycles. The van der Waals surface area contributed by atoms with Crippen LogP contribution in [0.2, 0.25) is 0 Å². The Kier molecular flexibility index (Phi) is 1.38. The third-order valence-corrected chi connectivity index (χ3v) is 1.98. The van der Waals surface area contributed by atoms with Gasteiger partial charge >= 0.3 is 0 Å². The van der Waals surface area contributed by atoms with Crippen LogP contribution in [0.3, 0.4) is 0 Å². The molecule has 1 N–H and O–H groups in total. The standard InChI is InChI=1S/C10H8N2/c1-7-3-2-4-8-5-9(6-11)12-10(7)8/h2-5,12H,1H3. The molecule has 2 nitrogen and oxygen atoms in total. The summed E-state index contributed by atoms with van der Waals surface area (Å²) in [5, 5.41) is 9.75. The Balaban J connectivity index is 2.85. The van der Waals surface area contributed by atoms with E-state index in [1.165, 1.54) is 5.56 Å². The van der Waals surface area contributed by atoms with Crippen molar-refractivity contribution in [3.8, 4) is 6.07 Å². The summed E-state index contributed by atoms with van der Waals surface area (Å²) in [5.74, 6) is 0. The molecule has 1 aromatic heterocycles. The fourth-order valence-corrected chi connectivity index (χ4v) is 1.37. The Hall–Kier alpha value is -1.75. The van der Waals surface area contributed by atoms with E-state index in [0.717, 1.165) is 10.9 Å². The predicted octanol–water partition coefficient (Wildman–Crippen LogP) is 2.35. The first kappa shape index (κ1) is 6.93. The maximum Gasteiger partial charge on any atom is 0.118 e. The summed E-state index contributed by atoms with van der Waals surface area (Å²) in [6, 6.07) is 9.97. The number of aryl methyl sites for hydroxylation is 1. The van der Waals surface area contributed by atoms with Crippen molar-refractivity contribution >= 4 is 10.9 Å². The molecule has 0 radical (unpaired) electrons.